The largest absolute Gasteiger partial charge is 0.341 e. The van der Waals surface area contributed by atoms with Crippen molar-refractivity contribution in [2.24, 2.45) is 0 Å². The molecule has 1 aliphatic heterocycles. The Balaban J connectivity index is 1.15. The van der Waals surface area contributed by atoms with Crippen LogP contribution in [0.2, 0.25) is 0 Å². The minimum Gasteiger partial charge on any atom is -0.341 e. The fourth-order valence-electron chi connectivity index (χ4n) is 4.49. The lowest BCUT2D eigenvalue weighted by Crippen LogP contribution is -2.40. The number of amides is 1. The number of carbonyl (C=O) groups excluding carboxylic acids is 1. The Kier molecular flexibility index (Phi) is 5.63. The molecule has 2 aromatic heterocycles. The van der Waals surface area contributed by atoms with Gasteiger partial charge in [0, 0.05) is 30.6 Å². The molecule has 1 amide bonds. The first-order valence-electron chi connectivity index (χ1n) is 11.5. The van der Waals surface area contributed by atoms with Gasteiger partial charge in [0.25, 0.3) is 0 Å². The zero-order valence-corrected chi connectivity index (χ0v) is 19.9. The van der Waals surface area contributed by atoms with E-state index >= 15 is 0 Å². The number of carbonyl (C=O) groups is 1. The number of piperidine rings is 1. The van der Waals surface area contributed by atoms with Gasteiger partial charge in [0.05, 0.1) is 21.0 Å². The number of thiazole rings is 1. The van der Waals surface area contributed by atoms with E-state index in [0.717, 1.165) is 66.0 Å². The maximum atomic E-state index is 13.2. The summed E-state index contributed by atoms with van der Waals surface area (Å²) >= 11 is 3.26. The molecule has 1 saturated heterocycles. The van der Waals surface area contributed by atoms with Crippen LogP contribution in [-0.2, 0) is 4.79 Å². The summed E-state index contributed by atoms with van der Waals surface area (Å²) in [7, 11) is 0. The summed E-state index contributed by atoms with van der Waals surface area (Å²) in [6, 6.07) is 18.5. The minimum absolute atomic E-state index is 0.168. The van der Waals surface area contributed by atoms with Crippen LogP contribution in [0, 0.1) is 0 Å². The number of hydrogen-bond donors (Lipinski definition) is 0. The summed E-state index contributed by atoms with van der Waals surface area (Å²) in [4.78, 5) is 20.0. The van der Waals surface area contributed by atoms with E-state index in [0.29, 0.717) is 17.6 Å². The predicted molar refractivity (Wildman–Crippen MR) is 132 cm³/mol. The van der Waals surface area contributed by atoms with Gasteiger partial charge in [0.1, 0.15) is 5.82 Å². The number of hydrogen-bond acceptors (Lipinski definition) is 6. The van der Waals surface area contributed by atoms with Crippen molar-refractivity contribution in [2.75, 3.05) is 18.8 Å². The zero-order valence-electron chi connectivity index (χ0n) is 18.3. The van der Waals surface area contributed by atoms with Crippen LogP contribution in [0.1, 0.15) is 48.4 Å². The average molecular weight is 476 g/mol. The smallest absolute Gasteiger partial charge is 0.233 e. The lowest BCUT2D eigenvalue weighted by molar-refractivity contribution is -0.129. The summed E-state index contributed by atoms with van der Waals surface area (Å²) in [6.07, 6.45) is 4.43. The summed E-state index contributed by atoms with van der Waals surface area (Å²) < 4.78 is 3.36. The molecule has 4 aromatic rings. The molecule has 33 heavy (non-hydrogen) atoms. The van der Waals surface area contributed by atoms with Crippen molar-refractivity contribution in [3.63, 3.8) is 0 Å². The Hall–Kier alpha value is -2.71. The van der Waals surface area contributed by atoms with Gasteiger partial charge in [0.2, 0.25) is 5.91 Å². The van der Waals surface area contributed by atoms with E-state index in [1.54, 1.807) is 11.3 Å². The molecule has 6 rings (SSSR count). The van der Waals surface area contributed by atoms with Crippen molar-refractivity contribution < 1.29 is 4.79 Å². The Bertz CT molecular complexity index is 1250. The minimum atomic E-state index is 0.168. The van der Waals surface area contributed by atoms with Gasteiger partial charge in [-0.3, -0.25) is 9.36 Å². The monoisotopic (exact) mass is 475 g/mol. The number of rotatable bonds is 6. The third-order valence-electron chi connectivity index (χ3n) is 6.37. The predicted octanol–water partition coefficient (Wildman–Crippen LogP) is 5.25. The van der Waals surface area contributed by atoms with E-state index in [9.17, 15) is 4.79 Å². The zero-order chi connectivity index (χ0) is 22.2. The van der Waals surface area contributed by atoms with Gasteiger partial charge in [-0.2, -0.15) is 0 Å². The van der Waals surface area contributed by atoms with Crippen molar-refractivity contribution in [2.45, 2.75) is 42.7 Å². The third kappa shape index (κ3) is 4.29. The number of benzene rings is 2. The summed E-state index contributed by atoms with van der Waals surface area (Å²) in [6.45, 7) is 1.57. The van der Waals surface area contributed by atoms with Crippen LogP contribution in [-0.4, -0.2) is 49.4 Å². The maximum absolute atomic E-state index is 13.2. The molecule has 6 nitrogen and oxygen atoms in total. The molecule has 8 heteroatoms. The molecule has 0 N–H and O–H groups in total. The Morgan fingerprint density at radius 3 is 2.64 bits per heavy atom. The Morgan fingerprint density at radius 1 is 1.00 bits per heavy atom. The van der Waals surface area contributed by atoms with Crippen LogP contribution in [0.15, 0.2) is 59.8 Å². The number of para-hydroxylation sites is 2. The van der Waals surface area contributed by atoms with Crippen LogP contribution in [0.3, 0.4) is 0 Å². The van der Waals surface area contributed by atoms with Crippen LogP contribution in [0.5, 0.6) is 0 Å². The number of likely N-dealkylation sites (tertiary alicyclic amines) is 1. The number of thioether (sulfide) groups is 1. The molecule has 168 valence electrons. The SMILES string of the molecule is O=C(CSc1nnc(C2CC2)n1-c1ccccc1)N1CCC[C@@H](c2nc3ccccc3s2)C1. The van der Waals surface area contributed by atoms with Gasteiger partial charge in [-0.05, 0) is 49.9 Å². The fourth-order valence-corrected chi connectivity index (χ4v) is 6.44. The summed E-state index contributed by atoms with van der Waals surface area (Å²) in [5.41, 5.74) is 2.12. The molecule has 2 fully saturated rings. The first-order chi connectivity index (χ1) is 16.3. The van der Waals surface area contributed by atoms with Gasteiger partial charge in [-0.1, -0.05) is 42.1 Å². The molecule has 1 saturated carbocycles. The van der Waals surface area contributed by atoms with Crippen molar-refractivity contribution in [1.82, 2.24) is 24.6 Å². The highest BCUT2D eigenvalue weighted by atomic mass is 32.2. The molecule has 2 aliphatic rings. The molecule has 0 bridgehead atoms. The molecular weight excluding hydrogens is 450 g/mol. The van der Waals surface area contributed by atoms with Crippen LogP contribution < -0.4 is 0 Å². The number of nitrogens with zero attached hydrogens (tertiary/aromatic N) is 5. The second-order valence-electron chi connectivity index (χ2n) is 8.77. The molecule has 0 unspecified atom stereocenters. The van der Waals surface area contributed by atoms with E-state index < -0.39 is 0 Å². The second kappa shape index (κ2) is 8.91. The van der Waals surface area contributed by atoms with Crippen LogP contribution in [0.25, 0.3) is 15.9 Å². The summed E-state index contributed by atoms with van der Waals surface area (Å²) in [5, 5.41) is 10.9. The lowest BCUT2D eigenvalue weighted by Gasteiger charge is -2.31. The number of fused-ring (bicyclic) bond motifs is 1. The normalized spacial score (nSPS) is 18.7. The van der Waals surface area contributed by atoms with Gasteiger partial charge in [-0.25, -0.2) is 4.98 Å². The molecule has 0 spiro atoms. The quantitative estimate of drug-likeness (QED) is 0.356. The van der Waals surface area contributed by atoms with E-state index in [2.05, 4.69) is 45.1 Å². The van der Waals surface area contributed by atoms with Crippen molar-refractivity contribution >= 4 is 39.2 Å². The fraction of sp³-hybridized carbons (Fsp3) is 0.360. The lowest BCUT2D eigenvalue weighted by atomic mass is 9.99. The van der Waals surface area contributed by atoms with E-state index in [4.69, 9.17) is 4.98 Å². The highest BCUT2D eigenvalue weighted by molar-refractivity contribution is 7.99. The topological polar surface area (TPSA) is 63.9 Å². The molecule has 0 radical (unpaired) electrons. The first kappa shape index (κ1) is 20.9. The van der Waals surface area contributed by atoms with Crippen molar-refractivity contribution in [3.8, 4) is 5.69 Å². The van der Waals surface area contributed by atoms with Crippen LogP contribution in [0.4, 0.5) is 0 Å². The number of aromatic nitrogens is 4. The Labute approximate surface area is 201 Å². The standard InChI is InChI=1S/C25H25N5OS2/c31-22(29-14-6-7-18(15-29)24-26-20-10-4-5-11-21(20)33-24)16-32-25-28-27-23(17-12-13-17)30(25)19-8-2-1-3-9-19/h1-5,8-11,17-18H,6-7,12-16H2/t18-/m1/s1. The van der Waals surface area contributed by atoms with Gasteiger partial charge in [0.15, 0.2) is 5.16 Å². The highest BCUT2D eigenvalue weighted by Gasteiger charge is 2.32. The van der Waals surface area contributed by atoms with Gasteiger partial charge < -0.3 is 4.90 Å². The van der Waals surface area contributed by atoms with Gasteiger partial charge >= 0.3 is 0 Å². The molecular formula is C25H25N5OS2. The van der Waals surface area contributed by atoms with E-state index in [1.165, 1.54) is 16.5 Å². The van der Waals surface area contributed by atoms with E-state index in [-0.39, 0.29) is 5.91 Å². The second-order valence-corrected chi connectivity index (χ2v) is 10.8. The molecule has 2 aromatic carbocycles. The summed E-state index contributed by atoms with van der Waals surface area (Å²) in [5.74, 6) is 2.37. The molecule has 1 aliphatic carbocycles. The Morgan fingerprint density at radius 2 is 1.82 bits per heavy atom. The van der Waals surface area contributed by atoms with Crippen molar-refractivity contribution in [1.29, 1.82) is 0 Å². The van der Waals surface area contributed by atoms with Crippen LogP contribution >= 0.6 is 23.1 Å². The molecule has 1 atom stereocenters. The van der Waals surface area contributed by atoms with E-state index in [1.807, 2.05) is 29.2 Å². The maximum Gasteiger partial charge on any atom is 0.233 e. The molecule has 3 heterocycles. The third-order valence-corrected chi connectivity index (χ3v) is 8.49. The highest BCUT2D eigenvalue weighted by Crippen LogP contribution is 2.41. The van der Waals surface area contributed by atoms with Gasteiger partial charge in [-0.15, -0.1) is 21.5 Å². The average Bonchev–Trinajstić information content (AvgIpc) is 3.47. The van der Waals surface area contributed by atoms with Crippen molar-refractivity contribution in [3.05, 3.63) is 65.4 Å². The first-order valence-corrected chi connectivity index (χ1v) is 13.3.